The van der Waals surface area contributed by atoms with Crippen molar-refractivity contribution in [1.29, 1.82) is 0 Å². The Morgan fingerprint density at radius 1 is 1.50 bits per heavy atom. The molecule has 0 bridgehead atoms. The maximum absolute atomic E-state index is 11.3. The van der Waals surface area contributed by atoms with Crippen LogP contribution in [-0.2, 0) is 0 Å². The molecule has 0 aliphatic heterocycles. The number of nitrogens with two attached hydrogens (primary N) is 1. The van der Waals surface area contributed by atoms with E-state index in [-0.39, 0.29) is 12.2 Å². The molecule has 0 fully saturated rings. The molecule has 0 saturated heterocycles. The molecule has 0 saturated carbocycles. The van der Waals surface area contributed by atoms with Gasteiger partial charge in [0, 0.05) is 0 Å². The maximum atomic E-state index is 11.3. The molecule has 0 aromatic carbocycles. The Balaban J connectivity index is 2.44. The van der Waals surface area contributed by atoms with Crippen LogP contribution in [-0.4, -0.2) is 26.3 Å². The van der Waals surface area contributed by atoms with Crippen LogP contribution in [0.25, 0.3) is 5.82 Å². The lowest BCUT2D eigenvalue weighted by molar-refractivity contribution is 0.936. The van der Waals surface area contributed by atoms with Gasteiger partial charge < -0.3 is 5.73 Å². The largest absolute Gasteiger partial charge is 0.348 e. The second kappa shape index (κ2) is 4.42. The van der Waals surface area contributed by atoms with Gasteiger partial charge in [0.05, 0.1) is 6.54 Å². The molecule has 0 spiro atoms. The minimum atomic E-state index is -0.337. The Morgan fingerprint density at radius 2 is 2.38 bits per heavy atom. The topological polar surface area (TPSA) is 89.6 Å². The lowest BCUT2D eigenvalue weighted by Gasteiger charge is -1.98. The second-order valence-corrected chi connectivity index (χ2v) is 2.92. The molecule has 3 N–H and O–H groups in total. The Hall–Kier alpha value is -2.39. The van der Waals surface area contributed by atoms with Gasteiger partial charge in [-0.2, -0.15) is 5.10 Å². The Bertz CT molecular complexity index is 601. The van der Waals surface area contributed by atoms with E-state index >= 15 is 0 Å². The number of hydrogen-bond acceptors (Lipinski definition) is 4. The van der Waals surface area contributed by atoms with Gasteiger partial charge in [0.25, 0.3) is 0 Å². The average molecular weight is 215 g/mol. The molecular formula is C10H9N5O. The van der Waals surface area contributed by atoms with Crippen LogP contribution < -0.4 is 11.4 Å². The third kappa shape index (κ3) is 1.99. The summed E-state index contributed by atoms with van der Waals surface area (Å²) in [6, 6.07) is 5.21. The van der Waals surface area contributed by atoms with Crippen LogP contribution >= 0.6 is 0 Å². The molecule has 2 aromatic heterocycles. The summed E-state index contributed by atoms with van der Waals surface area (Å²) in [5.74, 6) is 5.96. The lowest BCUT2D eigenvalue weighted by atomic mass is 10.3. The Morgan fingerprint density at radius 3 is 3.06 bits per heavy atom. The average Bonchev–Trinajstić information content (AvgIpc) is 2.73. The van der Waals surface area contributed by atoms with Crippen molar-refractivity contribution in [2.45, 2.75) is 0 Å². The smallest absolute Gasteiger partial charge is 0.320 e. The summed E-state index contributed by atoms with van der Waals surface area (Å²) >= 11 is 0. The predicted octanol–water partition coefficient (Wildman–Crippen LogP) is -0.734. The summed E-state index contributed by atoms with van der Waals surface area (Å²) in [5.41, 5.74) is 5.49. The van der Waals surface area contributed by atoms with Crippen molar-refractivity contribution in [2.75, 3.05) is 6.54 Å². The van der Waals surface area contributed by atoms with Crippen LogP contribution in [0.3, 0.4) is 0 Å². The number of aromatic nitrogens is 4. The molecule has 6 heteroatoms. The summed E-state index contributed by atoms with van der Waals surface area (Å²) in [7, 11) is 0. The van der Waals surface area contributed by atoms with E-state index in [4.69, 9.17) is 5.73 Å². The second-order valence-electron chi connectivity index (χ2n) is 2.92. The number of nitrogens with zero attached hydrogens (tertiary/aromatic N) is 3. The number of H-pyrrole nitrogens is 1. The third-order valence-electron chi connectivity index (χ3n) is 1.85. The molecule has 0 aliphatic rings. The fourth-order valence-corrected chi connectivity index (χ4v) is 1.18. The molecule has 16 heavy (non-hydrogen) atoms. The van der Waals surface area contributed by atoms with Gasteiger partial charge in [0.1, 0.15) is 17.8 Å². The summed E-state index contributed by atoms with van der Waals surface area (Å²) in [6.07, 6.45) is 1.37. The quantitative estimate of drug-likeness (QED) is 0.613. The van der Waals surface area contributed by atoms with Gasteiger partial charge in [0.2, 0.25) is 0 Å². The van der Waals surface area contributed by atoms with Gasteiger partial charge >= 0.3 is 5.69 Å². The van der Waals surface area contributed by atoms with Crippen LogP contribution in [0.15, 0.2) is 29.3 Å². The van der Waals surface area contributed by atoms with E-state index in [1.54, 1.807) is 18.2 Å². The Kier molecular flexibility index (Phi) is 2.80. The van der Waals surface area contributed by atoms with Gasteiger partial charge in [-0.05, 0) is 18.1 Å². The van der Waals surface area contributed by atoms with Crippen molar-refractivity contribution >= 4 is 0 Å². The van der Waals surface area contributed by atoms with E-state index in [2.05, 4.69) is 27.0 Å². The van der Waals surface area contributed by atoms with Gasteiger partial charge in [-0.15, -0.1) is 0 Å². The predicted molar refractivity (Wildman–Crippen MR) is 57.9 cm³/mol. The molecule has 6 nitrogen and oxygen atoms in total. The van der Waals surface area contributed by atoms with E-state index in [0.29, 0.717) is 11.5 Å². The highest BCUT2D eigenvalue weighted by atomic mass is 16.1. The lowest BCUT2D eigenvalue weighted by Crippen LogP contribution is -2.15. The maximum Gasteiger partial charge on any atom is 0.348 e. The zero-order valence-corrected chi connectivity index (χ0v) is 8.34. The number of hydrogen-bond donors (Lipinski definition) is 2. The molecule has 0 unspecified atom stereocenters. The fraction of sp³-hybridized carbons (Fsp3) is 0.100. The van der Waals surface area contributed by atoms with Gasteiger partial charge in [-0.25, -0.2) is 19.4 Å². The van der Waals surface area contributed by atoms with E-state index in [0.717, 1.165) is 0 Å². The van der Waals surface area contributed by atoms with E-state index in [1.165, 1.54) is 10.9 Å². The first-order valence-corrected chi connectivity index (χ1v) is 4.59. The first-order valence-electron chi connectivity index (χ1n) is 4.59. The minimum Gasteiger partial charge on any atom is -0.320 e. The van der Waals surface area contributed by atoms with Crippen molar-refractivity contribution in [3.8, 4) is 17.7 Å². The standard InChI is InChI=1S/C10H9N5O/c11-6-2-4-8-3-1-5-9(13-8)15-7-12-14-10(15)16/h1,3,5,7H,6,11H2,(H,14,16). The van der Waals surface area contributed by atoms with Crippen molar-refractivity contribution in [3.05, 3.63) is 40.7 Å². The van der Waals surface area contributed by atoms with Crippen LogP contribution in [0.2, 0.25) is 0 Å². The number of pyridine rings is 1. The van der Waals surface area contributed by atoms with Crippen LogP contribution in [0.1, 0.15) is 5.69 Å². The molecule has 0 radical (unpaired) electrons. The monoisotopic (exact) mass is 215 g/mol. The highest BCUT2D eigenvalue weighted by Gasteiger charge is 2.01. The summed E-state index contributed by atoms with van der Waals surface area (Å²) < 4.78 is 1.30. The third-order valence-corrected chi connectivity index (χ3v) is 1.85. The summed E-state index contributed by atoms with van der Waals surface area (Å²) in [6.45, 7) is 0.275. The highest BCUT2D eigenvalue weighted by molar-refractivity contribution is 5.33. The first kappa shape index (κ1) is 10.1. The molecular weight excluding hydrogens is 206 g/mol. The van der Waals surface area contributed by atoms with Crippen molar-refractivity contribution in [1.82, 2.24) is 19.7 Å². The van der Waals surface area contributed by atoms with E-state index in [1.807, 2.05) is 0 Å². The minimum absolute atomic E-state index is 0.275. The van der Waals surface area contributed by atoms with Gasteiger partial charge in [-0.3, -0.25) is 0 Å². The SMILES string of the molecule is NCC#Cc1cccc(-n2cn[nH]c2=O)n1. The molecule has 2 rings (SSSR count). The van der Waals surface area contributed by atoms with Crippen LogP contribution in [0, 0.1) is 11.8 Å². The van der Waals surface area contributed by atoms with Crippen molar-refractivity contribution in [2.24, 2.45) is 5.73 Å². The first-order chi connectivity index (χ1) is 7.81. The van der Waals surface area contributed by atoms with E-state index < -0.39 is 0 Å². The fourth-order valence-electron chi connectivity index (χ4n) is 1.18. The number of nitrogens with one attached hydrogen (secondary N) is 1. The molecule has 0 amide bonds. The zero-order chi connectivity index (χ0) is 11.4. The summed E-state index contributed by atoms with van der Waals surface area (Å²) in [4.78, 5) is 15.5. The Labute approximate surface area is 91.1 Å². The zero-order valence-electron chi connectivity index (χ0n) is 8.34. The van der Waals surface area contributed by atoms with Crippen molar-refractivity contribution in [3.63, 3.8) is 0 Å². The molecule has 2 heterocycles. The normalized spacial score (nSPS) is 9.56. The summed E-state index contributed by atoms with van der Waals surface area (Å²) in [5, 5.41) is 5.91. The molecule has 0 atom stereocenters. The van der Waals surface area contributed by atoms with Gasteiger partial charge in [0.15, 0.2) is 0 Å². The van der Waals surface area contributed by atoms with Crippen LogP contribution in [0.5, 0.6) is 0 Å². The molecule has 80 valence electrons. The molecule has 0 aliphatic carbocycles. The van der Waals surface area contributed by atoms with Crippen LogP contribution in [0.4, 0.5) is 0 Å². The molecule has 2 aromatic rings. The van der Waals surface area contributed by atoms with Gasteiger partial charge in [-0.1, -0.05) is 12.0 Å². The van der Waals surface area contributed by atoms with Crippen molar-refractivity contribution < 1.29 is 0 Å². The number of rotatable bonds is 1. The highest BCUT2D eigenvalue weighted by Crippen LogP contribution is 2.01. The van der Waals surface area contributed by atoms with E-state index in [9.17, 15) is 4.79 Å². The number of aromatic amines is 1.